The van der Waals surface area contributed by atoms with Gasteiger partial charge in [0, 0.05) is 18.7 Å². The van der Waals surface area contributed by atoms with Crippen LogP contribution in [0.15, 0.2) is 0 Å². The van der Waals surface area contributed by atoms with Crippen LogP contribution in [0.5, 0.6) is 0 Å². The van der Waals surface area contributed by atoms with Gasteiger partial charge in [-0.05, 0) is 47.5 Å². The number of amides is 1. The van der Waals surface area contributed by atoms with Crippen molar-refractivity contribution in [1.29, 1.82) is 0 Å². The summed E-state index contributed by atoms with van der Waals surface area (Å²) in [5.41, 5.74) is 5.23. The lowest BCUT2D eigenvalue weighted by Crippen LogP contribution is -2.47. The highest BCUT2D eigenvalue weighted by Gasteiger charge is 2.31. The van der Waals surface area contributed by atoms with Crippen molar-refractivity contribution in [1.82, 2.24) is 4.90 Å². The van der Waals surface area contributed by atoms with Gasteiger partial charge in [-0.3, -0.25) is 0 Å². The second-order valence-corrected chi connectivity index (χ2v) is 6.93. The molecule has 0 spiro atoms. The summed E-state index contributed by atoms with van der Waals surface area (Å²) in [6.45, 7) is 11.5. The zero-order chi connectivity index (χ0) is 14.7. The van der Waals surface area contributed by atoms with Gasteiger partial charge in [-0.2, -0.15) is 0 Å². The largest absolute Gasteiger partial charge is 0.444 e. The van der Waals surface area contributed by atoms with Gasteiger partial charge in [0.1, 0.15) is 5.60 Å². The Bertz CT molecular complexity index is 299. The first-order valence-electron chi connectivity index (χ1n) is 6.95. The van der Waals surface area contributed by atoms with Crippen LogP contribution in [0.4, 0.5) is 4.79 Å². The molecule has 1 aliphatic heterocycles. The molecule has 0 radical (unpaired) electrons. The molecular weight excluding hydrogens is 244 g/mol. The molecular formula is C14H28N2O3. The molecule has 1 rings (SSSR count). The Morgan fingerprint density at radius 2 is 2.00 bits per heavy atom. The molecule has 5 nitrogen and oxygen atoms in total. The minimum Gasteiger partial charge on any atom is -0.444 e. The lowest BCUT2D eigenvalue weighted by Gasteiger charge is -2.32. The second kappa shape index (κ2) is 6.09. The van der Waals surface area contributed by atoms with E-state index in [0.717, 1.165) is 12.8 Å². The smallest absolute Gasteiger partial charge is 0.410 e. The van der Waals surface area contributed by atoms with Crippen molar-refractivity contribution in [2.75, 3.05) is 19.8 Å². The maximum Gasteiger partial charge on any atom is 0.410 e. The van der Waals surface area contributed by atoms with E-state index in [1.54, 1.807) is 4.90 Å². The molecule has 19 heavy (non-hydrogen) atoms. The molecule has 0 aromatic carbocycles. The van der Waals surface area contributed by atoms with Crippen LogP contribution in [-0.2, 0) is 9.47 Å². The van der Waals surface area contributed by atoms with Gasteiger partial charge in [-0.15, -0.1) is 0 Å². The number of ether oxygens (including phenoxy) is 2. The molecule has 1 heterocycles. The fourth-order valence-corrected chi connectivity index (χ4v) is 1.92. The van der Waals surface area contributed by atoms with Crippen molar-refractivity contribution in [3.8, 4) is 0 Å². The summed E-state index contributed by atoms with van der Waals surface area (Å²) < 4.78 is 10.8. The van der Waals surface area contributed by atoms with Gasteiger partial charge < -0.3 is 20.1 Å². The van der Waals surface area contributed by atoms with Crippen LogP contribution in [0.2, 0.25) is 0 Å². The van der Waals surface area contributed by atoms with E-state index in [-0.39, 0.29) is 17.7 Å². The van der Waals surface area contributed by atoms with E-state index < -0.39 is 5.60 Å². The predicted molar refractivity (Wildman–Crippen MR) is 75.0 cm³/mol. The molecule has 5 heteroatoms. The molecule has 0 aromatic heterocycles. The summed E-state index contributed by atoms with van der Waals surface area (Å²) in [5, 5.41) is 0. The van der Waals surface area contributed by atoms with Gasteiger partial charge in [-0.1, -0.05) is 0 Å². The van der Waals surface area contributed by atoms with Gasteiger partial charge in [0.25, 0.3) is 0 Å². The summed E-state index contributed by atoms with van der Waals surface area (Å²) in [5.74, 6) is 0. The van der Waals surface area contributed by atoms with Gasteiger partial charge >= 0.3 is 6.09 Å². The molecule has 1 atom stereocenters. The Hall–Kier alpha value is -0.810. The molecule has 1 amide bonds. The maximum absolute atomic E-state index is 12.3. The molecule has 2 N–H and O–H groups in total. The van der Waals surface area contributed by atoms with E-state index in [0.29, 0.717) is 19.8 Å². The number of carbonyl (C=O) groups excluding carboxylic acids is 1. The van der Waals surface area contributed by atoms with Gasteiger partial charge in [0.05, 0.1) is 12.6 Å². The van der Waals surface area contributed by atoms with E-state index in [2.05, 4.69) is 0 Å². The molecule has 112 valence electrons. The first-order chi connectivity index (χ1) is 8.58. The fraction of sp³-hybridized carbons (Fsp3) is 0.929. The minimum atomic E-state index is -0.479. The standard InChI is InChI=1S/C14H28N2O3/c1-13(2,3)19-12(17)16(8-7-14(4,5)15)11-6-9-18-10-11/h11H,6-10,15H2,1-5H3. The Kier molecular flexibility index (Phi) is 5.21. The van der Waals surface area contributed by atoms with E-state index >= 15 is 0 Å². The van der Waals surface area contributed by atoms with E-state index in [9.17, 15) is 4.79 Å². The maximum atomic E-state index is 12.3. The molecule has 1 unspecified atom stereocenters. The summed E-state index contributed by atoms with van der Waals surface area (Å²) in [6.07, 6.45) is 1.33. The van der Waals surface area contributed by atoms with Crippen LogP contribution < -0.4 is 5.73 Å². The molecule has 0 bridgehead atoms. The molecule has 0 aromatic rings. The third kappa shape index (κ3) is 6.25. The Morgan fingerprint density at radius 3 is 2.42 bits per heavy atom. The predicted octanol–water partition coefficient (Wildman–Crippen LogP) is 2.14. The first-order valence-corrected chi connectivity index (χ1v) is 6.95. The van der Waals surface area contributed by atoms with E-state index in [1.807, 2.05) is 34.6 Å². The highest BCUT2D eigenvalue weighted by atomic mass is 16.6. The molecule has 1 saturated heterocycles. The first kappa shape index (κ1) is 16.2. The third-order valence-corrected chi connectivity index (χ3v) is 2.97. The van der Waals surface area contributed by atoms with Gasteiger partial charge in [-0.25, -0.2) is 4.79 Å². The number of rotatable bonds is 4. The topological polar surface area (TPSA) is 64.8 Å². The molecule has 0 saturated carbocycles. The summed E-state index contributed by atoms with van der Waals surface area (Å²) in [6, 6.07) is 0.109. The quantitative estimate of drug-likeness (QED) is 0.851. The molecule has 1 fully saturated rings. The minimum absolute atomic E-state index is 0.109. The van der Waals surface area contributed by atoms with Crippen molar-refractivity contribution < 1.29 is 14.3 Å². The highest BCUT2D eigenvalue weighted by molar-refractivity contribution is 5.68. The van der Waals surface area contributed by atoms with Crippen LogP contribution in [-0.4, -0.2) is 47.9 Å². The van der Waals surface area contributed by atoms with Crippen molar-refractivity contribution in [2.24, 2.45) is 5.73 Å². The summed E-state index contributed by atoms with van der Waals surface area (Å²) in [4.78, 5) is 14.0. The van der Waals surface area contributed by atoms with Crippen molar-refractivity contribution in [3.63, 3.8) is 0 Å². The normalized spacial score (nSPS) is 20.4. The Balaban J connectivity index is 2.65. The van der Waals surface area contributed by atoms with E-state index in [1.165, 1.54) is 0 Å². The van der Waals surface area contributed by atoms with Crippen LogP contribution in [0.1, 0.15) is 47.5 Å². The van der Waals surface area contributed by atoms with E-state index in [4.69, 9.17) is 15.2 Å². The highest BCUT2D eigenvalue weighted by Crippen LogP contribution is 2.19. The van der Waals surface area contributed by atoms with Crippen LogP contribution in [0.3, 0.4) is 0 Å². The SMILES string of the molecule is CC(C)(N)CCN(C(=O)OC(C)(C)C)C1CCOC1. The number of hydrogen-bond acceptors (Lipinski definition) is 4. The zero-order valence-electron chi connectivity index (χ0n) is 12.9. The Labute approximate surface area is 116 Å². The van der Waals surface area contributed by atoms with Crippen LogP contribution >= 0.6 is 0 Å². The second-order valence-electron chi connectivity index (χ2n) is 6.93. The van der Waals surface area contributed by atoms with Gasteiger partial charge in [0.2, 0.25) is 0 Å². The third-order valence-electron chi connectivity index (χ3n) is 2.97. The number of nitrogens with zero attached hydrogens (tertiary/aromatic N) is 1. The number of hydrogen-bond donors (Lipinski definition) is 1. The molecule has 0 aliphatic carbocycles. The number of nitrogens with two attached hydrogens (primary N) is 1. The lowest BCUT2D eigenvalue weighted by molar-refractivity contribution is 0.0135. The van der Waals surface area contributed by atoms with Crippen LogP contribution in [0, 0.1) is 0 Å². The fourth-order valence-electron chi connectivity index (χ4n) is 1.92. The summed E-state index contributed by atoms with van der Waals surface area (Å²) >= 11 is 0. The van der Waals surface area contributed by atoms with Crippen molar-refractivity contribution in [2.45, 2.75) is 64.6 Å². The number of carbonyl (C=O) groups is 1. The van der Waals surface area contributed by atoms with Crippen molar-refractivity contribution >= 4 is 6.09 Å². The monoisotopic (exact) mass is 272 g/mol. The average Bonchev–Trinajstić information content (AvgIpc) is 2.66. The zero-order valence-corrected chi connectivity index (χ0v) is 12.9. The lowest BCUT2D eigenvalue weighted by atomic mass is 10.0. The van der Waals surface area contributed by atoms with Crippen molar-refractivity contribution in [3.05, 3.63) is 0 Å². The summed E-state index contributed by atoms with van der Waals surface area (Å²) in [7, 11) is 0. The average molecular weight is 272 g/mol. The van der Waals surface area contributed by atoms with Gasteiger partial charge in [0.15, 0.2) is 0 Å². The Morgan fingerprint density at radius 1 is 1.37 bits per heavy atom. The molecule has 1 aliphatic rings. The van der Waals surface area contributed by atoms with Crippen LogP contribution in [0.25, 0.3) is 0 Å².